The van der Waals surface area contributed by atoms with Gasteiger partial charge in [0.15, 0.2) is 0 Å². The number of hydrogen-bond donors (Lipinski definition) is 1. The number of nitrogens with zero attached hydrogens (tertiary/aromatic N) is 6. The standard InChI is InChI=1S/C27H27N7O3/c1-5-24(35)33-9-8-19(16-33)34-26-22(18-13-30-32(2)15-18)14-29-27(28)25(26)23(31-34)7-6-17-10-20(36-3)12-21(11-17)37-4/h5,10-15,19H,1,8-9,16H2,2-4H3,(H2,28,29). The van der Waals surface area contributed by atoms with Crippen LogP contribution in [0.2, 0.25) is 0 Å². The molecule has 4 heterocycles. The Morgan fingerprint density at radius 1 is 1.19 bits per heavy atom. The Kier molecular flexibility index (Phi) is 6.27. The fourth-order valence-corrected chi connectivity index (χ4v) is 4.60. The summed E-state index contributed by atoms with van der Waals surface area (Å²) in [6.45, 7) is 4.74. The average Bonchev–Trinajstić information content (AvgIpc) is 3.66. The van der Waals surface area contributed by atoms with E-state index in [4.69, 9.17) is 20.3 Å². The highest BCUT2D eigenvalue weighted by molar-refractivity contribution is 6.02. The van der Waals surface area contributed by atoms with E-state index in [0.29, 0.717) is 47.1 Å². The highest BCUT2D eigenvalue weighted by atomic mass is 16.5. The summed E-state index contributed by atoms with van der Waals surface area (Å²) in [4.78, 5) is 18.5. The second-order valence-electron chi connectivity index (χ2n) is 8.76. The van der Waals surface area contributed by atoms with Crippen LogP contribution in [0.5, 0.6) is 11.5 Å². The Labute approximate surface area is 214 Å². The maximum Gasteiger partial charge on any atom is 0.246 e. The molecule has 1 fully saturated rings. The first-order valence-electron chi connectivity index (χ1n) is 11.7. The number of carbonyl (C=O) groups is 1. The number of fused-ring (bicyclic) bond motifs is 1. The Morgan fingerprint density at radius 2 is 1.95 bits per heavy atom. The van der Waals surface area contributed by atoms with E-state index in [1.165, 1.54) is 6.08 Å². The lowest BCUT2D eigenvalue weighted by molar-refractivity contribution is -0.125. The van der Waals surface area contributed by atoms with Gasteiger partial charge in [-0.1, -0.05) is 12.5 Å². The van der Waals surface area contributed by atoms with Crippen molar-refractivity contribution in [3.05, 3.63) is 60.7 Å². The van der Waals surface area contributed by atoms with Gasteiger partial charge in [-0.2, -0.15) is 10.2 Å². The highest BCUT2D eigenvalue weighted by Gasteiger charge is 2.30. The van der Waals surface area contributed by atoms with E-state index < -0.39 is 0 Å². The number of anilines is 1. The number of methoxy groups -OCH3 is 2. The van der Waals surface area contributed by atoms with E-state index >= 15 is 0 Å². The van der Waals surface area contributed by atoms with E-state index in [2.05, 4.69) is 28.5 Å². The third-order valence-corrected chi connectivity index (χ3v) is 6.44. The molecule has 0 spiro atoms. The van der Waals surface area contributed by atoms with Crippen molar-refractivity contribution in [2.75, 3.05) is 33.0 Å². The van der Waals surface area contributed by atoms with E-state index in [0.717, 1.165) is 23.1 Å². The predicted molar refractivity (Wildman–Crippen MR) is 140 cm³/mol. The summed E-state index contributed by atoms with van der Waals surface area (Å²) in [6.07, 6.45) is 7.51. The van der Waals surface area contributed by atoms with E-state index in [9.17, 15) is 4.79 Å². The number of nitrogens with two attached hydrogens (primary N) is 1. The first kappa shape index (κ1) is 23.9. The van der Waals surface area contributed by atoms with Crippen LogP contribution in [0.15, 0.2) is 49.4 Å². The molecule has 188 valence electrons. The molecular weight excluding hydrogens is 470 g/mol. The van der Waals surface area contributed by atoms with Crippen molar-refractivity contribution < 1.29 is 14.3 Å². The number of rotatable bonds is 5. The van der Waals surface area contributed by atoms with Gasteiger partial charge in [0.2, 0.25) is 5.91 Å². The summed E-state index contributed by atoms with van der Waals surface area (Å²) < 4.78 is 14.4. The molecule has 0 aliphatic carbocycles. The van der Waals surface area contributed by atoms with Crippen LogP contribution in [0, 0.1) is 11.8 Å². The third-order valence-electron chi connectivity index (χ3n) is 6.44. The number of likely N-dealkylation sites (tertiary alicyclic amines) is 1. The number of benzene rings is 1. The lowest BCUT2D eigenvalue weighted by Gasteiger charge is -2.16. The van der Waals surface area contributed by atoms with Crippen molar-refractivity contribution in [2.45, 2.75) is 12.5 Å². The van der Waals surface area contributed by atoms with Crippen molar-refractivity contribution >= 4 is 22.6 Å². The molecule has 37 heavy (non-hydrogen) atoms. The molecule has 4 aromatic rings. The molecule has 1 atom stereocenters. The van der Waals surface area contributed by atoms with Gasteiger partial charge in [0.25, 0.3) is 0 Å². The number of hydrogen-bond acceptors (Lipinski definition) is 7. The van der Waals surface area contributed by atoms with Crippen molar-refractivity contribution in [3.8, 4) is 34.5 Å². The molecule has 1 aliphatic rings. The summed E-state index contributed by atoms with van der Waals surface area (Å²) in [5, 5.41) is 9.90. The van der Waals surface area contributed by atoms with Crippen molar-refractivity contribution in [1.29, 1.82) is 0 Å². The zero-order valence-corrected chi connectivity index (χ0v) is 20.9. The molecule has 1 aliphatic heterocycles. The van der Waals surface area contributed by atoms with Gasteiger partial charge in [0.1, 0.15) is 23.0 Å². The highest BCUT2D eigenvalue weighted by Crippen LogP contribution is 2.36. The summed E-state index contributed by atoms with van der Waals surface area (Å²) in [5.74, 6) is 7.87. The molecule has 3 aromatic heterocycles. The first-order chi connectivity index (χ1) is 17.9. The van der Waals surface area contributed by atoms with Crippen LogP contribution in [-0.2, 0) is 11.8 Å². The number of aromatic nitrogens is 5. The molecule has 0 radical (unpaired) electrons. The number of aryl methyl sites for hydroxylation is 1. The molecule has 10 heteroatoms. The summed E-state index contributed by atoms with van der Waals surface area (Å²) in [5.41, 5.74) is 10.2. The second kappa shape index (κ2) is 9.70. The minimum Gasteiger partial charge on any atom is -0.497 e. The van der Waals surface area contributed by atoms with Crippen LogP contribution in [0.25, 0.3) is 22.0 Å². The van der Waals surface area contributed by atoms with Gasteiger partial charge in [0, 0.05) is 55.3 Å². The van der Waals surface area contributed by atoms with Crippen molar-refractivity contribution in [1.82, 2.24) is 29.4 Å². The smallest absolute Gasteiger partial charge is 0.246 e. The van der Waals surface area contributed by atoms with Gasteiger partial charge in [0.05, 0.1) is 37.4 Å². The molecule has 10 nitrogen and oxygen atoms in total. The summed E-state index contributed by atoms with van der Waals surface area (Å²) >= 11 is 0. The molecule has 0 saturated carbocycles. The van der Waals surface area contributed by atoms with Gasteiger partial charge >= 0.3 is 0 Å². The molecular formula is C27H27N7O3. The topological polar surface area (TPSA) is 113 Å². The first-order valence-corrected chi connectivity index (χ1v) is 11.7. The largest absolute Gasteiger partial charge is 0.497 e. The quantitative estimate of drug-likeness (QED) is 0.333. The lowest BCUT2D eigenvalue weighted by Crippen LogP contribution is -2.27. The molecule has 2 N–H and O–H groups in total. The Morgan fingerprint density at radius 3 is 2.59 bits per heavy atom. The summed E-state index contributed by atoms with van der Waals surface area (Å²) in [6, 6.07) is 5.38. The predicted octanol–water partition coefficient (Wildman–Crippen LogP) is 2.79. The summed E-state index contributed by atoms with van der Waals surface area (Å²) in [7, 11) is 5.04. The minimum absolute atomic E-state index is 0.0592. The van der Waals surface area contributed by atoms with Crippen molar-refractivity contribution in [3.63, 3.8) is 0 Å². The molecule has 1 amide bonds. The van der Waals surface area contributed by atoms with Gasteiger partial charge in [-0.3, -0.25) is 14.2 Å². The lowest BCUT2D eigenvalue weighted by atomic mass is 10.1. The normalized spacial score (nSPS) is 14.9. The van der Waals surface area contributed by atoms with Crippen LogP contribution in [-0.4, -0.2) is 62.7 Å². The zero-order chi connectivity index (χ0) is 26.1. The second-order valence-corrected chi connectivity index (χ2v) is 8.76. The van der Waals surface area contributed by atoms with Crippen LogP contribution >= 0.6 is 0 Å². The number of nitrogen functional groups attached to an aromatic ring is 1. The minimum atomic E-state index is -0.0976. The number of ether oxygens (including phenoxy) is 2. The van der Waals surface area contributed by atoms with Crippen molar-refractivity contribution in [2.24, 2.45) is 7.05 Å². The van der Waals surface area contributed by atoms with Gasteiger partial charge < -0.3 is 20.1 Å². The van der Waals surface area contributed by atoms with Crippen LogP contribution in [0.4, 0.5) is 5.82 Å². The van der Waals surface area contributed by atoms with Crippen LogP contribution < -0.4 is 15.2 Å². The third kappa shape index (κ3) is 4.47. The van der Waals surface area contributed by atoms with Crippen LogP contribution in [0.1, 0.15) is 23.7 Å². The van der Waals surface area contributed by atoms with Gasteiger partial charge in [-0.25, -0.2) is 4.98 Å². The van der Waals surface area contributed by atoms with Crippen LogP contribution in [0.3, 0.4) is 0 Å². The van der Waals surface area contributed by atoms with E-state index in [1.807, 2.05) is 30.1 Å². The maximum atomic E-state index is 12.3. The zero-order valence-electron chi connectivity index (χ0n) is 20.9. The molecule has 1 saturated heterocycles. The monoisotopic (exact) mass is 497 g/mol. The Hall–Kier alpha value is -4.78. The Balaban J connectivity index is 1.68. The number of pyridine rings is 1. The van der Waals surface area contributed by atoms with E-state index in [1.54, 1.807) is 42.3 Å². The molecule has 1 aromatic carbocycles. The Bertz CT molecular complexity index is 1550. The van der Waals surface area contributed by atoms with E-state index in [-0.39, 0.29) is 11.9 Å². The SMILES string of the molecule is C=CC(=O)N1CCC(n2nc(C#Cc3cc(OC)cc(OC)c3)c3c(N)ncc(-c4cnn(C)c4)c32)C1. The maximum absolute atomic E-state index is 12.3. The fourth-order valence-electron chi connectivity index (χ4n) is 4.60. The molecule has 5 rings (SSSR count). The average molecular weight is 498 g/mol. The number of carbonyl (C=O) groups excluding carboxylic acids is 1. The number of amides is 1. The molecule has 0 bridgehead atoms. The molecule has 1 unspecified atom stereocenters. The van der Waals surface area contributed by atoms with Gasteiger partial charge in [-0.15, -0.1) is 0 Å². The fraction of sp³-hybridized carbons (Fsp3) is 0.259. The van der Waals surface area contributed by atoms with Gasteiger partial charge in [-0.05, 0) is 30.6 Å².